The minimum atomic E-state index is -0.111. The lowest BCUT2D eigenvalue weighted by Crippen LogP contribution is -2.35. The summed E-state index contributed by atoms with van der Waals surface area (Å²) in [4.78, 5) is 1.06. The maximum absolute atomic E-state index is 13.9. The Kier molecular flexibility index (Phi) is 5.67. The molecule has 0 fully saturated rings. The predicted molar refractivity (Wildman–Crippen MR) is 78.6 cm³/mol. The molecule has 0 spiro atoms. The van der Waals surface area contributed by atoms with E-state index in [2.05, 4.69) is 39.9 Å². The number of nitrogens with one attached hydrogen (secondary N) is 1. The van der Waals surface area contributed by atoms with Crippen molar-refractivity contribution in [2.75, 3.05) is 5.75 Å². The zero-order valence-corrected chi connectivity index (χ0v) is 12.8. The molecule has 0 amide bonds. The maximum Gasteiger partial charge on any atom is 0.128 e. The lowest BCUT2D eigenvalue weighted by Gasteiger charge is -2.22. The Hall–Kier alpha value is -0.540. The van der Waals surface area contributed by atoms with Crippen molar-refractivity contribution in [3.8, 4) is 0 Å². The van der Waals surface area contributed by atoms with Crippen LogP contribution in [0.5, 0.6) is 0 Å². The van der Waals surface area contributed by atoms with Crippen LogP contribution < -0.4 is 5.32 Å². The number of hydrogen-bond donors (Lipinski definition) is 1. The van der Waals surface area contributed by atoms with Gasteiger partial charge in [0.25, 0.3) is 0 Å². The van der Waals surface area contributed by atoms with Crippen LogP contribution in [0.3, 0.4) is 0 Å². The van der Waals surface area contributed by atoms with Gasteiger partial charge in [0.15, 0.2) is 0 Å². The van der Waals surface area contributed by atoms with E-state index in [4.69, 9.17) is 0 Å². The van der Waals surface area contributed by atoms with Crippen LogP contribution in [0.15, 0.2) is 23.1 Å². The third-order valence-corrected chi connectivity index (χ3v) is 3.97. The van der Waals surface area contributed by atoms with Crippen molar-refractivity contribution in [1.29, 1.82) is 0 Å². The normalized spacial score (nSPS) is 12.2. The molecule has 0 aliphatic carbocycles. The van der Waals surface area contributed by atoms with Crippen molar-refractivity contribution in [3.05, 3.63) is 29.6 Å². The molecule has 0 atom stereocenters. The van der Waals surface area contributed by atoms with E-state index in [0.29, 0.717) is 12.5 Å². The zero-order chi connectivity index (χ0) is 13.8. The van der Waals surface area contributed by atoms with Gasteiger partial charge in [0.05, 0.1) is 0 Å². The molecule has 0 saturated carbocycles. The monoisotopic (exact) mass is 269 g/mol. The number of halogens is 1. The Morgan fingerprint density at radius 2 is 1.94 bits per heavy atom. The van der Waals surface area contributed by atoms with Crippen LogP contribution in [0.1, 0.15) is 40.2 Å². The number of thioether (sulfide) groups is 1. The Morgan fingerprint density at radius 1 is 1.28 bits per heavy atom. The third kappa shape index (κ3) is 5.40. The van der Waals surface area contributed by atoms with E-state index in [1.807, 2.05) is 6.07 Å². The summed E-state index contributed by atoms with van der Waals surface area (Å²) < 4.78 is 13.9. The summed E-state index contributed by atoms with van der Waals surface area (Å²) in [5.41, 5.74) is 0.792. The standard InChI is InChI=1S/C15H24FNS/c1-11(2)10-18-14-8-6-7-13(16)12(14)9-17-15(3,4)5/h6-8,11,17H,9-10H2,1-5H3. The molecular weight excluding hydrogens is 245 g/mol. The molecule has 1 N–H and O–H groups in total. The molecule has 1 rings (SSSR count). The number of benzene rings is 1. The van der Waals surface area contributed by atoms with E-state index in [1.54, 1.807) is 23.9 Å². The summed E-state index contributed by atoms with van der Waals surface area (Å²) >= 11 is 1.74. The highest BCUT2D eigenvalue weighted by molar-refractivity contribution is 7.99. The molecule has 1 aromatic carbocycles. The first-order chi connectivity index (χ1) is 8.29. The lowest BCUT2D eigenvalue weighted by atomic mass is 10.1. The zero-order valence-electron chi connectivity index (χ0n) is 12.0. The molecule has 0 aliphatic heterocycles. The van der Waals surface area contributed by atoms with Crippen LogP contribution in [-0.4, -0.2) is 11.3 Å². The molecule has 102 valence electrons. The minimum Gasteiger partial charge on any atom is -0.308 e. The molecular formula is C15H24FNS. The topological polar surface area (TPSA) is 12.0 Å². The van der Waals surface area contributed by atoms with Gasteiger partial charge in [0, 0.05) is 28.3 Å². The molecule has 18 heavy (non-hydrogen) atoms. The van der Waals surface area contributed by atoms with Gasteiger partial charge in [-0.05, 0) is 38.8 Å². The van der Waals surface area contributed by atoms with Crippen molar-refractivity contribution in [3.63, 3.8) is 0 Å². The smallest absolute Gasteiger partial charge is 0.128 e. The maximum atomic E-state index is 13.9. The first-order valence-electron chi connectivity index (χ1n) is 6.45. The molecule has 1 nitrogen and oxygen atoms in total. The van der Waals surface area contributed by atoms with Crippen LogP contribution in [-0.2, 0) is 6.54 Å². The van der Waals surface area contributed by atoms with Crippen molar-refractivity contribution < 1.29 is 4.39 Å². The Bertz CT molecular complexity index is 383. The van der Waals surface area contributed by atoms with Gasteiger partial charge in [0.1, 0.15) is 5.82 Å². The Labute approximate surface area is 115 Å². The van der Waals surface area contributed by atoms with Crippen LogP contribution in [0.25, 0.3) is 0 Å². The fourth-order valence-corrected chi connectivity index (χ4v) is 2.49. The summed E-state index contributed by atoms with van der Waals surface area (Å²) in [7, 11) is 0. The summed E-state index contributed by atoms with van der Waals surface area (Å²) in [5, 5.41) is 3.35. The van der Waals surface area contributed by atoms with E-state index >= 15 is 0 Å². The van der Waals surface area contributed by atoms with Gasteiger partial charge in [0.2, 0.25) is 0 Å². The van der Waals surface area contributed by atoms with Gasteiger partial charge in [-0.15, -0.1) is 11.8 Å². The van der Waals surface area contributed by atoms with Crippen LogP contribution >= 0.6 is 11.8 Å². The van der Waals surface area contributed by atoms with Crippen molar-refractivity contribution in [2.24, 2.45) is 5.92 Å². The minimum absolute atomic E-state index is 0.00225. The Morgan fingerprint density at radius 3 is 2.50 bits per heavy atom. The number of rotatable bonds is 5. The highest BCUT2D eigenvalue weighted by Crippen LogP contribution is 2.27. The third-order valence-electron chi connectivity index (χ3n) is 2.44. The summed E-state index contributed by atoms with van der Waals surface area (Å²) in [6.07, 6.45) is 0. The van der Waals surface area contributed by atoms with Gasteiger partial charge in [-0.1, -0.05) is 19.9 Å². The fraction of sp³-hybridized carbons (Fsp3) is 0.600. The quantitative estimate of drug-likeness (QED) is 0.792. The molecule has 1 aromatic rings. The number of hydrogen-bond acceptors (Lipinski definition) is 2. The second kappa shape index (κ2) is 6.58. The van der Waals surface area contributed by atoms with Gasteiger partial charge < -0.3 is 5.32 Å². The second-order valence-electron chi connectivity index (χ2n) is 6.02. The highest BCUT2D eigenvalue weighted by atomic mass is 32.2. The van der Waals surface area contributed by atoms with E-state index in [0.717, 1.165) is 16.2 Å². The summed E-state index contributed by atoms with van der Waals surface area (Å²) in [6, 6.07) is 5.34. The first kappa shape index (κ1) is 15.5. The van der Waals surface area contributed by atoms with Crippen molar-refractivity contribution in [2.45, 2.75) is 51.6 Å². The molecule has 0 bridgehead atoms. The summed E-state index contributed by atoms with van der Waals surface area (Å²) in [6.45, 7) is 11.2. The van der Waals surface area contributed by atoms with E-state index in [-0.39, 0.29) is 11.4 Å². The average molecular weight is 269 g/mol. The van der Waals surface area contributed by atoms with Crippen LogP contribution in [0.2, 0.25) is 0 Å². The molecule has 0 unspecified atom stereocenters. The molecule has 0 aromatic heterocycles. The molecule has 3 heteroatoms. The lowest BCUT2D eigenvalue weighted by molar-refractivity contribution is 0.416. The molecule has 0 aliphatic rings. The SMILES string of the molecule is CC(C)CSc1cccc(F)c1CNC(C)(C)C. The summed E-state index contributed by atoms with van der Waals surface area (Å²) in [5.74, 6) is 1.52. The van der Waals surface area contributed by atoms with E-state index in [9.17, 15) is 4.39 Å². The largest absolute Gasteiger partial charge is 0.308 e. The van der Waals surface area contributed by atoms with Crippen LogP contribution in [0.4, 0.5) is 4.39 Å². The van der Waals surface area contributed by atoms with Gasteiger partial charge in [-0.25, -0.2) is 4.39 Å². The van der Waals surface area contributed by atoms with Crippen LogP contribution in [0, 0.1) is 11.7 Å². The molecule has 0 heterocycles. The van der Waals surface area contributed by atoms with E-state index in [1.165, 1.54) is 0 Å². The van der Waals surface area contributed by atoms with Crippen molar-refractivity contribution in [1.82, 2.24) is 5.32 Å². The van der Waals surface area contributed by atoms with Gasteiger partial charge in [-0.2, -0.15) is 0 Å². The van der Waals surface area contributed by atoms with E-state index < -0.39 is 0 Å². The highest BCUT2D eigenvalue weighted by Gasteiger charge is 2.14. The van der Waals surface area contributed by atoms with Crippen molar-refractivity contribution >= 4 is 11.8 Å². The van der Waals surface area contributed by atoms with Gasteiger partial charge in [-0.3, -0.25) is 0 Å². The Balaban J connectivity index is 2.80. The second-order valence-corrected chi connectivity index (χ2v) is 7.09. The molecule has 0 saturated heterocycles. The molecule has 0 radical (unpaired) electrons. The average Bonchev–Trinajstić information content (AvgIpc) is 2.23. The fourth-order valence-electron chi connectivity index (χ4n) is 1.46. The van der Waals surface area contributed by atoms with Gasteiger partial charge >= 0.3 is 0 Å². The first-order valence-corrected chi connectivity index (χ1v) is 7.43. The predicted octanol–water partition coefficient (Wildman–Crippen LogP) is 4.46.